The van der Waals surface area contributed by atoms with E-state index in [1.54, 1.807) is 0 Å². The van der Waals surface area contributed by atoms with Crippen LogP contribution in [-0.4, -0.2) is 16.3 Å². The van der Waals surface area contributed by atoms with Crippen molar-refractivity contribution < 1.29 is 9.90 Å². The number of carboxylic acid groups (broad SMARTS) is 1. The van der Waals surface area contributed by atoms with E-state index in [-0.39, 0.29) is 0 Å². The van der Waals surface area contributed by atoms with Gasteiger partial charge in [0.25, 0.3) is 0 Å². The minimum absolute atomic E-state index is 0.300. The van der Waals surface area contributed by atoms with Crippen LogP contribution in [0, 0.1) is 5.92 Å². The summed E-state index contributed by atoms with van der Waals surface area (Å²) in [6, 6.07) is 30.7. The SMILES string of the molecule is CC(C)CC(SC(c1ccccc1)(c1ccccc1)c1ccccc1)C(=O)O. The van der Waals surface area contributed by atoms with Crippen molar-refractivity contribution in [3.8, 4) is 0 Å². The third-order valence-corrected chi connectivity index (χ3v) is 6.56. The van der Waals surface area contributed by atoms with Gasteiger partial charge in [0, 0.05) is 0 Å². The van der Waals surface area contributed by atoms with Crippen LogP contribution in [0.5, 0.6) is 0 Å². The normalized spacial score (nSPS) is 12.7. The molecule has 0 saturated carbocycles. The quantitative estimate of drug-likeness (QED) is 0.465. The van der Waals surface area contributed by atoms with Gasteiger partial charge in [0.15, 0.2) is 0 Å². The van der Waals surface area contributed by atoms with E-state index in [9.17, 15) is 9.90 Å². The summed E-state index contributed by atoms with van der Waals surface area (Å²) < 4.78 is -0.596. The minimum Gasteiger partial charge on any atom is -0.480 e. The zero-order valence-corrected chi connectivity index (χ0v) is 17.1. The second kappa shape index (κ2) is 9.11. The lowest BCUT2D eigenvalue weighted by Crippen LogP contribution is -2.32. The van der Waals surface area contributed by atoms with Gasteiger partial charge in [0.1, 0.15) is 5.25 Å². The fraction of sp³-hybridized carbons (Fsp3) is 0.240. The number of benzene rings is 3. The highest BCUT2D eigenvalue weighted by molar-refractivity contribution is 8.01. The molecule has 0 bridgehead atoms. The Bertz CT molecular complexity index is 780. The highest BCUT2D eigenvalue weighted by atomic mass is 32.2. The average Bonchev–Trinajstić information content (AvgIpc) is 2.72. The molecule has 0 fully saturated rings. The molecule has 0 spiro atoms. The Morgan fingerprint density at radius 3 is 1.43 bits per heavy atom. The predicted molar refractivity (Wildman–Crippen MR) is 118 cm³/mol. The molecule has 0 heterocycles. The summed E-state index contributed by atoms with van der Waals surface area (Å²) in [5.41, 5.74) is 3.27. The minimum atomic E-state index is -0.758. The van der Waals surface area contributed by atoms with Gasteiger partial charge in [-0.15, -0.1) is 11.8 Å². The first-order chi connectivity index (χ1) is 13.5. The topological polar surface area (TPSA) is 37.3 Å². The monoisotopic (exact) mass is 390 g/mol. The second-order valence-electron chi connectivity index (χ2n) is 7.35. The van der Waals surface area contributed by atoms with Crippen molar-refractivity contribution in [2.75, 3.05) is 0 Å². The molecule has 3 heteroatoms. The molecule has 0 aliphatic heterocycles. The first kappa shape index (κ1) is 20.2. The summed E-state index contributed by atoms with van der Waals surface area (Å²) in [4.78, 5) is 12.2. The first-order valence-electron chi connectivity index (χ1n) is 9.61. The number of hydrogen-bond acceptors (Lipinski definition) is 2. The van der Waals surface area contributed by atoms with E-state index in [1.807, 2.05) is 54.6 Å². The molecule has 144 valence electrons. The Kier molecular flexibility index (Phi) is 6.58. The molecule has 1 N–H and O–H groups in total. The van der Waals surface area contributed by atoms with E-state index in [0.29, 0.717) is 12.3 Å². The number of carboxylic acids is 1. The van der Waals surface area contributed by atoms with Crippen LogP contribution >= 0.6 is 11.8 Å². The van der Waals surface area contributed by atoms with E-state index in [4.69, 9.17) is 0 Å². The van der Waals surface area contributed by atoms with E-state index < -0.39 is 16.0 Å². The molecule has 0 aliphatic carbocycles. The number of hydrogen-bond donors (Lipinski definition) is 1. The Hall–Kier alpha value is -2.52. The molecule has 28 heavy (non-hydrogen) atoms. The van der Waals surface area contributed by atoms with Gasteiger partial charge in [-0.05, 0) is 29.0 Å². The lowest BCUT2D eigenvalue weighted by atomic mass is 9.84. The van der Waals surface area contributed by atoms with E-state index in [1.165, 1.54) is 11.8 Å². The van der Waals surface area contributed by atoms with Gasteiger partial charge in [-0.2, -0.15) is 0 Å². The van der Waals surface area contributed by atoms with Gasteiger partial charge >= 0.3 is 5.97 Å². The van der Waals surface area contributed by atoms with Crippen molar-refractivity contribution in [3.63, 3.8) is 0 Å². The first-order valence-corrected chi connectivity index (χ1v) is 10.5. The zero-order chi connectivity index (χ0) is 20.0. The summed E-state index contributed by atoms with van der Waals surface area (Å²) in [6.07, 6.45) is 0.619. The van der Waals surface area contributed by atoms with Crippen LogP contribution < -0.4 is 0 Å². The molecule has 3 aromatic carbocycles. The van der Waals surface area contributed by atoms with E-state index >= 15 is 0 Å². The van der Waals surface area contributed by atoms with Gasteiger partial charge in [0.05, 0.1) is 4.75 Å². The van der Waals surface area contributed by atoms with Crippen molar-refractivity contribution in [2.45, 2.75) is 30.3 Å². The molecule has 1 atom stereocenters. The Morgan fingerprint density at radius 2 is 1.14 bits per heavy atom. The van der Waals surface area contributed by atoms with Crippen molar-refractivity contribution in [2.24, 2.45) is 5.92 Å². The lowest BCUT2D eigenvalue weighted by Gasteiger charge is -2.37. The highest BCUT2D eigenvalue weighted by Gasteiger charge is 2.41. The maximum absolute atomic E-state index is 12.2. The maximum Gasteiger partial charge on any atom is 0.316 e. The Balaban J connectivity index is 2.26. The summed E-state index contributed by atoms with van der Waals surface area (Å²) in [6.45, 7) is 4.15. The smallest absolute Gasteiger partial charge is 0.316 e. The summed E-state index contributed by atoms with van der Waals surface area (Å²) in [5, 5.41) is 9.49. The molecule has 0 aromatic heterocycles. The van der Waals surface area contributed by atoms with Crippen LogP contribution in [0.25, 0.3) is 0 Å². The molecule has 2 nitrogen and oxygen atoms in total. The van der Waals surface area contributed by atoms with Crippen LogP contribution in [0.1, 0.15) is 37.0 Å². The molecule has 3 aromatic rings. The molecule has 1 unspecified atom stereocenters. The van der Waals surface area contributed by atoms with Gasteiger partial charge in [-0.3, -0.25) is 4.79 Å². The van der Waals surface area contributed by atoms with Crippen LogP contribution in [0.3, 0.4) is 0 Å². The van der Waals surface area contributed by atoms with Crippen LogP contribution in [0.15, 0.2) is 91.0 Å². The largest absolute Gasteiger partial charge is 0.480 e. The molecule has 0 amide bonds. The molecular weight excluding hydrogens is 364 g/mol. The van der Waals surface area contributed by atoms with Crippen molar-refractivity contribution in [1.29, 1.82) is 0 Å². The number of rotatable bonds is 8. The number of aliphatic carboxylic acids is 1. The van der Waals surface area contributed by atoms with E-state index in [0.717, 1.165) is 16.7 Å². The molecule has 0 radical (unpaired) electrons. The zero-order valence-electron chi connectivity index (χ0n) is 16.3. The summed E-state index contributed by atoms with van der Waals surface area (Å²) >= 11 is 1.53. The van der Waals surface area contributed by atoms with Gasteiger partial charge in [-0.25, -0.2) is 0 Å². The fourth-order valence-electron chi connectivity index (χ4n) is 3.56. The second-order valence-corrected chi connectivity index (χ2v) is 8.77. The maximum atomic E-state index is 12.2. The lowest BCUT2D eigenvalue weighted by molar-refractivity contribution is -0.136. The molecule has 0 saturated heterocycles. The van der Waals surface area contributed by atoms with Crippen LogP contribution in [0.2, 0.25) is 0 Å². The Labute approximate surface area is 171 Å². The number of carbonyl (C=O) groups is 1. The molecule has 3 rings (SSSR count). The van der Waals surface area contributed by atoms with Gasteiger partial charge in [0.2, 0.25) is 0 Å². The van der Waals surface area contributed by atoms with Crippen LogP contribution in [-0.2, 0) is 9.54 Å². The third-order valence-electron chi connectivity index (χ3n) is 4.82. The van der Waals surface area contributed by atoms with Crippen molar-refractivity contribution in [3.05, 3.63) is 108 Å². The average molecular weight is 391 g/mol. The highest BCUT2D eigenvalue weighted by Crippen LogP contribution is 2.51. The molecule has 0 aliphatic rings. The summed E-state index contributed by atoms with van der Waals surface area (Å²) in [5.74, 6) is -0.459. The fourth-order valence-corrected chi connectivity index (χ4v) is 5.39. The van der Waals surface area contributed by atoms with Gasteiger partial charge < -0.3 is 5.11 Å². The Morgan fingerprint density at radius 1 is 0.786 bits per heavy atom. The van der Waals surface area contributed by atoms with E-state index in [2.05, 4.69) is 50.2 Å². The number of thioether (sulfide) groups is 1. The van der Waals surface area contributed by atoms with Crippen LogP contribution in [0.4, 0.5) is 0 Å². The van der Waals surface area contributed by atoms with Crippen molar-refractivity contribution in [1.82, 2.24) is 0 Å². The van der Waals surface area contributed by atoms with Gasteiger partial charge in [-0.1, -0.05) is 105 Å². The molecular formula is C25H26O2S. The summed E-state index contributed by atoms with van der Waals surface area (Å²) in [7, 11) is 0. The standard InChI is InChI=1S/C25H26O2S/c1-19(2)18-23(24(26)27)28-25(20-12-6-3-7-13-20,21-14-8-4-9-15-21)22-16-10-5-11-17-22/h3-17,19,23H,18H2,1-2H3,(H,26,27). The predicted octanol–water partition coefficient (Wildman–Crippen LogP) is 6.21. The van der Waals surface area contributed by atoms with Crippen molar-refractivity contribution >= 4 is 17.7 Å². The third kappa shape index (κ3) is 4.31.